The summed E-state index contributed by atoms with van der Waals surface area (Å²) in [5, 5.41) is 0. The van der Waals surface area contributed by atoms with Crippen molar-refractivity contribution in [3.05, 3.63) is 77.1 Å². The van der Waals surface area contributed by atoms with Crippen molar-refractivity contribution in [2.24, 2.45) is 11.7 Å². The molecule has 0 saturated carbocycles. The largest absolute Gasteiger partial charge is 0.496 e. The number of rotatable bonds is 10. The van der Waals surface area contributed by atoms with Gasteiger partial charge in [0, 0.05) is 37.1 Å². The Hall–Kier alpha value is -3.38. The molecule has 2 N–H and O–H groups in total. The van der Waals surface area contributed by atoms with Crippen molar-refractivity contribution >= 4 is 5.91 Å². The first-order valence-corrected chi connectivity index (χ1v) is 13.4. The zero-order valence-electron chi connectivity index (χ0n) is 22.3. The number of ether oxygens (including phenoxy) is 2. The zero-order chi connectivity index (χ0) is 26.2. The van der Waals surface area contributed by atoms with Crippen LogP contribution in [0.2, 0.25) is 0 Å². The summed E-state index contributed by atoms with van der Waals surface area (Å²) < 4.78 is 11.4. The van der Waals surface area contributed by atoms with E-state index in [0.717, 1.165) is 68.4 Å². The van der Waals surface area contributed by atoms with Crippen LogP contribution in [0.25, 0.3) is 11.1 Å². The molecule has 0 radical (unpaired) electrons. The van der Waals surface area contributed by atoms with Crippen LogP contribution in [0.1, 0.15) is 59.8 Å². The number of nitrogens with zero attached hydrogens (tertiary/aromatic N) is 2. The molecule has 2 heterocycles. The minimum absolute atomic E-state index is 0.0328. The molecule has 2 aromatic carbocycles. The molecule has 6 nitrogen and oxygen atoms in total. The zero-order valence-corrected chi connectivity index (χ0v) is 22.3. The number of hydrogen-bond acceptors (Lipinski definition) is 5. The Labute approximate surface area is 220 Å². The molecule has 0 bridgehead atoms. The van der Waals surface area contributed by atoms with E-state index in [2.05, 4.69) is 25.1 Å². The highest BCUT2D eigenvalue weighted by Crippen LogP contribution is 2.40. The van der Waals surface area contributed by atoms with Crippen LogP contribution in [-0.2, 0) is 19.4 Å². The fraction of sp³-hybridized carbons (Fsp3) is 0.419. The Bertz CT molecular complexity index is 1180. The summed E-state index contributed by atoms with van der Waals surface area (Å²) in [4.78, 5) is 20.3. The molecule has 1 aliphatic rings. The predicted octanol–water partition coefficient (Wildman–Crippen LogP) is 5.66. The van der Waals surface area contributed by atoms with Gasteiger partial charge in [-0.2, -0.15) is 0 Å². The average Bonchev–Trinajstić information content (AvgIpc) is 2.95. The molecule has 0 spiro atoms. The van der Waals surface area contributed by atoms with Crippen molar-refractivity contribution in [3.63, 3.8) is 0 Å². The molecule has 1 aliphatic heterocycles. The van der Waals surface area contributed by atoms with Crippen LogP contribution in [0, 0.1) is 5.92 Å². The molecule has 6 heteroatoms. The first-order chi connectivity index (χ1) is 18.1. The van der Waals surface area contributed by atoms with Gasteiger partial charge in [0.05, 0.1) is 25.3 Å². The second kappa shape index (κ2) is 12.7. The number of benzene rings is 2. The van der Waals surface area contributed by atoms with E-state index in [0.29, 0.717) is 29.5 Å². The molecule has 4 rings (SSSR count). The maximum absolute atomic E-state index is 13.6. The van der Waals surface area contributed by atoms with E-state index in [1.165, 1.54) is 11.1 Å². The number of likely N-dealkylation sites (tertiary alicyclic amines) is 1. The summed E-state index contributed by atoms with van der Waals surface area (Å²) in [5.41, 5.74) is 11.8. The van der Waals surface area contributed by atoms with E-state index in [4.69, 9.17) is 20.2 Å². The second-order valence-corrected chi connectivity index (χ2v) is 9.77. The molecular weight excluding hydrogens is 462 g/mol. The van der Waals surface area contributed by atoms with Crippen LogP contribution in [-0.4, -0.2) is 43.1 Å². The number of amides is 1. The summed E-state index contributed by atoms with van der Waals surface area (Å²) in [5.74, 6) is 2.01. The van der Waals surface area contributed by atoms with Crippen molar-refractivity contribution in [3.8, 4) is 22.6 Å². The lowest BCUT2D eigenvalue weighted by Crippen LogP contribution is -2.39. The van der Waals surface area contributed by atoms with Gasteiger partial charge in [-0.05, 0) is 67.3 Å². The van der Waals surface area contributed by atoms with Gasteiger partial charge < -0.3 is 20.1 Å². The van der Waals surface area contributed by atoms with E-state index < -0.39 is 0 Å². The molecule has 196 valence electrons. The van der Waals surface area contributed by atoms with Crippen LogP contribution in [0.5, 0.6) is 11.5 Å². The lowest BCUT2D eigenvalue weighted by Gasteiger charge is -2.32. The number of carbonyl (C=O) groups is 1. The molecule has 0 unspecified atom stereocenters. The normalized spacial score (nSPS) is 14.0. The van der Waals surface area contributed by atoms with Gasteiger partial charge in [-0.3, -0.25) is 9.78 Å². The third-order valence-electron chi connectivity index (χ3n) is 7.43. The maximum atomic E-state index is 13.6. The number of piperidine rings is 1. The van der Waals surface area contributed by atoms with E-state index >= 15 is 0 Å². The molecule has 0 aliphatic carbocycles. The Balaban J connectivity index is 1.55. The third kappa shape index (κ3) is 6.13. The van der Waals surface area contributed by atoms with Crippen LogP contribution in [0.4, 0.5) is 0 Å². The quantitative estimate of drug-likeness (QED) is 0.388. The molecule has 0 atom stereocenters. The lowest BCUT2D eigenvalue weighted by molar-refractivity contribution is 0.0690. The van der Waals surface area contributed by atoms with Gasteiger partial charge in [-0.1, -0.05) is 43.7 Å². The number of pyridine rings is 1. The Morgan fingerprint density at radius 3 is 2.32 bits per heavy atom. The maximum Gasteiger partial charge on any atom is 0.255 e. The van der Waals surface area contributed by atoms with Crippen LogP contribution in [0.3, 0.4) is 0 Å². The van der Waals surface area contributed by atoms with Crippen molar-refractivity contribution in [2.75, 3.05) is 27.3 Å². The highest BCUT2D eigenvalue weighted by atomic mass is 16.5. The molecule has 1 saturated heterocycles. The van der Waals surface area contributed by atoms with Crippen molar-refractivity contribution in [1.29, 1.82) is 0 Å². The number of hydrogen-bond donors (Lipinski definition) is 1. The topological polar surface area (TPSA) is 77.7 Å². The van der Waals surface area contributed by atoms with E-state index in [9.17, 15) is 4.79 Å². The number of aryl methyl sites for hydroxylation is 1. The molecule has 1 aromatic heterocycles. The van der Waals surface area contributed by atoms with Crippen LogP contribution < -0.4 is 15.2 Å². The summed E-state index contributed by atoms with van der Waals surface area (Å²) >= 11 is 0. The molecule has 1 fully saturated rings. The van der Waals surface area contributed by atoms with E-state index in [1.807, 2.05) is 35.2 Å². The van der Waals surface area contributed by atoms with Crippen LogP contribution in [0.15, 0.2) is 54.7 Å². The van der Waals surface area contributed by atoms with Gasteiger partial charge >= 0.3 is 0 Å². The fourth-order valence-corrected chi connectivity index (χ4v) is 5.28. The number of unbranched alkanes of at least 4 members (excludes halogenated alkanes) is 1. The number of nitrogens with two attached hydrogens (primary N) is 1. The Kier molecular flexibility index (Phi) is 9.18. The smallest absolute Gasteiger partial charge is 0.255 e. The van der Waals surface area contributed by atoms with Gasteiger partial charge in [0.15, 0.2) is 0 Å². The van der Waals surface area contributed by atoms with Gasteiger partial charge in [-0.15, -0.1) is 0 Å². The van der Waals surface area contributed by atoms with Gasteiger partial charge in [0.25, 0.3) is 5.91 Å². The van der Waals surface area contributed by atoms with Crippen molar-refractivity contribution in [2.45, 2.75) is 52.0 Å². The molecule has 37 heavy (non-hydrogen) atoms. The monoisotopic (exact) mass is 501 g/mol. The van der Waals surface area contributed by atoms with Crippen LogP contribution >= 0.6 is 0 Å². The lowest BCUT2D eigenvalue weighted by atomic mass is 9.88. The number of carbonyl (C=O) groups excluding carboxylic acids is 1. The summed E-state index contributed by atoms with van der Waals surface area (Å²) in [7, 11) is 3.31. The average molecular weight is 502 g/mol. The Morgan fingerprint density at radius 2 is 1.70 bits per heavy atom. The van der Waals surface area contributed by atoms with Gasteiger partial charge in [0.2, 0.25) is 0 Å². The first kappa shape index (κ1) is 26.7. The fourth-order valence-electron chi connectivity index (χ4n) is 5.28. The van der Waals surface area contributed by atoms with E-state index in [-0.39, 0.29) is 5.91 Å². The predicted molar refractivity (Wildman–Crippen MR) is 148 cm³/mol. The summed E-state index contributed by atoms with van der Waals surface area (Å²) in [6.45, 7) is 4.23. The number of aromatic nitrogens is 1. The first-order valence-electron chi connectivity index (χ1n) is 13.4. The SMILES string of the molecule is CCCCc1ncc(C(=O)N2CCC(Cc3ccccc3CN)CC2)cc1-c1c(OC)cccc1OC. The summed E-state index contributed by atoms with van der Waals surface area (Å²) in [6, 6.07) is 16.1. The van der Waals surface area contributed by atoms with Crippen molar-refractivity contribution < 1.29 is 14.3 Å². The highest BCUT2D eigenvalue weighted by molar-refractivity contribution is 5.96. The van der Waals surface area contributed by atoms with Crippen molar-refractivity contribution in [1.82, 2.24) is 9.88 Å². The molecular formula is C31H39N3O3. The minimum atomic E-state index is 0.0328. The standard InChI is InChI=1S/C31H39N3O3/c1-4-5-11-27-26(30-28(36-2)12-8-13-29(30)37-3)19-25(21-33-27)31(35)34-16-14-22(15-17-34)18-23-9-6-7-10-24(23)20-32/h6-10,12-13,19,21-22H,4-5,11,14-18,20,32H2,1-3H3. The number of methoxy groups -OCH3 is 2. The van der Waals surface area contributed by atoms with Gasteiger partial charge in [0.1, 0.15) is 11.5 Å². The molecule has 3 aromatic rings. The third-order valence-corrected chi connectivity index (χ3v) is 7.43. The second-order valence-electron chi connectivity index (χ2n) is 9.77. The van der Waals surface area contributed by atoms with Gasteiger partial charge in [-0.25, -0.2) is 0 Å². The molecule has 1 amide bonds. The summed E-state index contributed by atoms with van der Waals surface area (Å²) in [6.07, 6.45) is 7.64. The Morgan fingerprint density at radius 1 is 1.03 bits per heavy atom. The van der Waals surface area contributed by atoms with E-state index in [1.54, 1.807) is 20.4 Å². The minimum Gasteiger partial charge on any atom is -0.496 e. The highest BCUT2D eigenvalue weighted by Gasteiger charge is 2.26.